The highest BCUT2D eigenvalue weighted by molar-refractivity contribution is 6.31. The Labute approximate surface area is 151 Å². The minimum Gasteiger partial charge on any atom is -0.309 e. The molecule has 6 nitrogen and oxygen atoms in total. The summed E-state index contributed by atoms with van der Waals surface area (Å²) in [4.78, 5) is 34.8. The Morgan fingerprint density at radius 1 is 1.12 bits per heavy atom. The van der Waals surface area contributed by atoms with Crippen LogP contribution in [0.5, 0.6) is 0 Å². The maximum Gasteiger partial charge on any atom is 0.242 e. The van der Waals surface area contributed by atoms with Crippen LogP contribution >= 0.6 is 11.6 Å². The van der Waals surface area contributed by atoms with Crippen LogP contribution in [0, 0.1) is 0 Å². The van der Waals surface area contributed by atoms with Crippen molar-refractivity contribution in [3.05, 3.63) is 47.6 Å². The summed E-state index contributed by atoms with van der Waals surface area (Å²) in [5, 5.41) is 0.495. The number of halogens is 1. The first-order chi connectivity index (χ1) is 12.0. The Kier molecular flexibility index (Phi) is 5.01. The van der Waals surface area contributed by atoms with Gasteiger partial charge in [0.2, 0.25) is 11.8 Å². The van der Waals surface area contributed by atoms with Crippen LogP contribution < -0.4 is 9.80 Å². The highest BCUT2D eigenvalue weighted by Crippen LogP contribution is 2.38. The van der Waals surface area contributed by atoms with Crippen LogP contribution in [0.3, 0.4) is 0 Å². The maximum atomic E-state index is 12.8. The van der Waals surface area contributed by atoms with Gasteiger partial charge in [-0.2, -0.15) is 0 Å². The lowest BCUT2D eigenvalue weighted by Gasteiger charge is -2.26. The molecule has 0 bridgehead atoms. The van der Waals surface area contributed by atoms with E-state index in [9.17, 15) is 9.59 Å². The number of rotatable bonds is 4. The Balaban J connectivity index is 2.12. The van der Waals surface area contributed by atoms with Crippen molar-refractivity contribution in [3.8, 4) is 0 Å². The maximum absolute atomic E-state index is 12.8. The number of anilines is 3. The predicted octanol–water partition coefficient (Wildman–Crippen LogP) is 2.70. The third-order valence-electron chi connectivity index (χ3n) is 3.97. The lowest BCUT2D eigenvalue weighted by molar-refractivity contribution is -0.125. The van der Waals surface area contributed by atoms with Gasteiger partial charge < -0.3 is 9.80 Å². The SMILES string of the molecule is CN(C)CCN1C(=O)CC(=O)N(c2ccccn2)c2cc(Cl)ccc21. The summed E-state index contributed by atoms with van der Waals surface area (Å²) < 4.78 is 0. The zero-order valence-electron chi connectivity index (χ0n) is 14.1. The van der Waals surface area contributed by atoms with Crippen LogP contribution in [-0.4, -0.2) is 48.9 Å². The van der Waals surface area contributed by atoms with Gasteiger partial charge in [0.1, 0.15) is 12.2 Å². The summed E-state index contributed by atoms with van der Waals surface area (Å²) in [7, 11) is 3.88. The molecule has 2 amide bonds. The van der Waals surface area contributed by atoms with E-state index in [2.05, 4.69) is 4.98 Å². The van der Waals surface area contributed by atoms with Gasteiger partial charge in [0, 0.05) is 24.3 Å². The Morgan fingerprint density at radius 3 is 2.60 bits per heavy atom. The van der Waals surface area contributed by atoms with Crippen molar-refractivity contribution in [1.29, 1.82) is 0 Å². The van der Waals surface area contributed by atoms with E-state index in [1.165, 1.54) is 4.90 Å². The van der Waals surface area contributed by atoms with Crippen molar-refractivity contribution in [1.82, 2.24) is 9.88 Å². The van der Waals surface area contributed by atoms with Crippen molar-refractivity contribution < 1.29 is 9.59 Å². The molecular weight excluding hydrogens is 340 g/mol. The van der Waals surface area contributed by atoms with Crippen molar-refractivity contribution in [2.24, 2.45) is 0 Å². The minimum absolute atomic E-state index is 0.212. The van der Waals surface area contributed by atoms with E-state index >= 15 is 0 Å². The standard InChI is InChI=1S/C18H19ClN4O2/c1-21(2)9-10-22-14-7-6-13(19)11-15(14)23(18(25)12-17(22)24)16-5-3-4-8-20-16/h3-8,11H,9-10,12H2,1-2H3. The number of hydrogen-bond acceptors (Lipinski definition) is 4. The number of likely N-dealkylation sites (N-methyl/N-ethyl adjacent to an activating group) is 1. The van der Waals surface area contributed by atoms with E-state index in [4.69, 9.17) is 11.6 Å². The summed E-state index contributed by atoms with van der Waals surface area (Å²) in [5.74, 6) is -0.0771. The van der Waals surface area contributed by atoms with Crippen molar-refractivity contribution in [2.45, 2.75) is 6.42 Å². The number of fused-ring (bicyclic) bond motifs is 1. The van der Waals surface area contributed by atoms with E-state index in [0.29, 0.717) is 35.3 Å². The molecule has 0 spiro atoms. The third-order valence-corrected chi connectivity index (χ3v) is 4.21. The average molecular weight is 359 g/mol. The predicted molar refractivity (Wildman–Crippen MR) is 98.4 cm³/mol. The molecule has 0 fully saturated rings. The zero-order chi connectivity index (χ0) is 18.0. The van der Waals surface area contributed by atoms with Crippen LogP contribution in [0.2, 0.25) is 5.02 Å². The molecule has 7 heteroatoms. The molecule has 0 radical (unpaired) electrons. The highest BCUT2D eigenvalue weighted by Gasteiger charge is 2.33. The van der Waals surface area contributed by atoms with Crippen molar-refractivity contribution >= 4 is 40.6 Å². The van der Waals surface area contributed by atoms with Crippen LogP contribution in [0.1, 0.15) is 6.42 Å². The van der Waals surface area contributed by atoms with Crippen LogP contribution in [-0.2, 0) is 9.59 Å². The molecule has 1 aromatic heterocycles. The molecule has 0 unspecified atom stereocenters. The molecule has 0 saturated carbocycles. The van der Waals surface area contributed by atoms with E-state index < -0.39 is 0 Å². The van der Waals surface area contributed by atoms with Crippen LogP contribution in [0.15, 0.2) is 42.6 Å². The number of amides is 2. The summed E-state index contributed by atoms with van der Waals surface area (Å²) in [6.07, 6.45) is 1.40. The highest BCUT2D eigenvalue weighted by atomic mass is 35.5. The van der Waals surface area contributed by atoms with Crippen molar-refractivity contribution in [2.75, 3.05) is 37.0 Å². The molecule has 0 N–H and O–H groups in total. The minimum atomic E-state index is -0.320. The molecule has 1 aliphatic rings. The Morgan fingerprint density at radius 2 is 1.92 bits per heavy atom. The van der Waals surface area contributed by atoms with Gasteiger partial charge in [0.05, 0.1) is 11.4 Å². The molecule has 2 aromatic rings. The van der Waals surface area contributed by atoms with E-state index in [-0.39, 0.29) is 18.2 Å². The molecule has 0 saturated heterocycles. The molecule has 0 aliphatic carbocycles. The normalized spacial score (nSPS) is 14.7. The fourth-order valence-corrected chi connectivity index (χ4v) is 2.93. The first-order valence-corrected chi connectivity index (χ1v) is 8.34. The smallest absolute Gasteiger partial charge is 0.242 e. The monoisotopic (exact) mass is 358 g/mol. The summed E-state index contributed by atoms with van der Waals surface area (Å²) in [6, 6.07) is 10.5. The van der Waals surface area contributed by atoms with Gasteiger partial charge in [-0.25, -0.2) is 4.98 Å². The second-order valence-corrected chi connectivity index (χ2v) is 6.51. The van der Waals surface area contributed by atoms with Crippen molar-refractivity contribution in [3.63, 3.8) is 0 Å². The lowest BCUT2D eigenvalue weighted by atomic mass is 10.2. The van der Waals surface area contributed by atoms with Gasteiger partial charge >= 0.3 is 0 Å². The summed E-state index contributed by atoms with van der Waals surface area (Å²) >= 11 is 6.17. The second-order valence-electron chi connectivity index (χ2n) is 6.08. The average Bonchev–Trinajstić information content (AvgIpc) is 2.67. The second kappa shape index (κ2) is 7.21. The fraction of sp³-hybridized carbons (Fsp3) is 0.278. The number of benzene rings is 1. The lowest BCUT2D eigenvalue weighted by Crippen LogP contribution is -2.36. The largest absolute Gasteiger partial charge is 0.309 e. The first kappa shape index (κ1) is 17.4. The van der Waals surface area contributed by atoms with E-state index in [1.807, 2.05) is 19.0 Å². The fourth-order valence-electron chi connectivity index (χ4n) is 2.76. The molecular formula is C18H19ClN4O2. The van der Waals surface area contributed by atoms with Gasteiger partial charge in [-0.3, -0.25) is 14.5 Å². The molecule has 130 valence electrons. The molecule has 3 rings (SSSR count). The Hall–Kier alpha value is -2.44. The van der Waals surface area contributed by atoms with Gasteiger partial charge in [-0.05, 0) is 44.4 Å². The van der Waals surface area contributed by atoms with Crippen LogP contribution in [0.25, 0.3) is 0 Å². The van der Waals surface area contributed by atoms with Gasteiger partial charge in [-0.1, -0.05) is 17.7 Å². The van der Waals surface area contributed by atoms with Crippen LogP contribution in [0.4, 0.5) is 17.2 Å². The number of pyridine rings is 1. The van der Waals surface area contributed by atoms with Gasteiger partial charge in [0.15, 0.2) is 0 Å². The summed E-state index contributed by atoms with van der Waals surface area (Å²) in [5.41, 5.74) is 1.23. The van der Waals surface area contributed by atoms with E-state index in [0.717, 1.165) is 0 Å². The molecule has 25 heavy (non-hydrogen) atoms. The molecule has 0 atom stereocenters. The first-order valence-electron chi connectivity index (χ1n) is 7.96. The molecule has 1 aliphatic heterocycles. The molecule has 2 heterocycles. The zero-order valence-corrected chi connectivity index (χ0v) is 14.9. The number of carbonyl (C=O) groups is 2. The van der Waals surface area contributed by atoms with E-state index in [1.54, 1.807) is 47.5 Å². The molecule has 1 aromatic carbocycles. The third kappa shape index (κ3) is 3.65. The van der Waals surface area contributed by atoms with Gasteiger partial charge in [-0.15, -0.1) is 0 Å². The quantitative estimate of drug-likeness (QED) is 0.788. The number of aromatic nitrogens is 1. The topological polar surface area (TPSA) is 56.8 Å². The number of carbonyl (C=O) groups excluding carboxylic acids is 2. The van der Waals surface area contributed by atoms with Gasteiger partial charge in [0.25, 0.3) is 0 Å². The Bertz CT molecular complexity index is 795. The number of hydrogen-bond donors (Lipinski definition) is 0. The number of nitrogens with zero attached hydrogens (tertiary/aromatic N) is 4. The summed E-state index contributed by atoms with van der Waals surface area (Å²) in [6.45, 7) is 1.18.